The average Bonchev–Trinajstić information content (AvgIpc) is 2.18. The highest BCUT2D eigenvalue weighted by Crippen LogP contribution is 2.25. The molecule has 1 atom stereocenters. The number of carbonyl (C=O) groups excluding carboxylic acids is 1. The first-order valence-electron chi connectivity index (χ1n) is 5.11. The Kier molecular flexibility index (Phi) is 4.13. The summed E-state index contributed by atoms with van der Waals surface area (Å²) in [4.78, 5) is 11.6. The van der Waals surface area contributed by atoms with Crippen molar-refractivity contribution in [3.05, 3.63) is 0 Å². The molecule has 1 saturated carbocycles. The maximum atomic E-state index is 11.6. The minimum absolute atomic E-state index is 0.109. The molecule has 0 aromatic rings. The van der Waals surface area contributed by atoms with Crippen molar-refractivity contribution >= 4 is 5.78 Å². The Balaban J connectivity index is 2.68. The Hall–Kier alpha value is -1.35. The summed E-state index contributed by atoms with van der Waals surface area (Å²) in [6, 6.07) is 3.84. The first-order valence-corrected chi connectivity index (χ1v) is 5.11. The first-order chi connectivity index (χ1) is 6.79. The van der Waals surface area contributed by atoms with Crippen molar-refractivity contribution in [1.29, 1.82) is 10.5 Å². The smallest absolute Gasteiger partial charge is 0.143 e. The molecule has 0 aromatic carbocycles. The van der Waals surface area contributed by atoms with Gasteiger partial charge in [0.1, 0.15) is 11.7 Å². The first kappa shape index (κ1) is 10.7. The van der Waals surface area contributed by atoms with Crippen LogP contribution in [0.15, 0.2) is 0 Å². The normalized spacial score (nSPS) is 23.4. The van der Waals surface area contributed by atoms with Gasteiger partial charge in [-0.25, -0.2) is 0 Å². The van der Waals surface area contributed by atoms with E-state index in [9.17, 15) is 4.79 Å². The molecule has 14 heavy (non-hydrogen) atoms. The van der Waals surface area contributed by atoms with Crippen LogP contribution in [0.1, 0.15) is 38.5 Å². The van der Waals surface area contributed by atoms with Gasteiger partial charge in [-0.05, 0) is 12.8 Å². The number of hydrogen-bond acceptors (Lipinski definition) is 3. The van der Waals surface area contributed by atoms with Crippen molar-refractivity contribution in [2.24, 2.45) is 11.8 Å². The van der Waals surface area contributed by atoms with Gasteiger partial charge in [0.15, 0.2) is 0 Å². The zero-order valence-electron chi connectivity index (χ0n) is 8.20. The lowest BCUT2D eigenvalue weighted by atomic mass is 9.82. The predicted octanol–water partition coefficient (Wildman–Crippen LogP) is 2.19. The van der Waals surface area contributed by atoms with Crippen molar-refractivity contribution in [3.63, 3.8) is 0 Å². The molecule has 0 aliphatic heterocycles. The van der Waals surface area contributed by atoms with E-state index in [4.69, 9.17) is 10.5 Å². The molecule has 1 fully saturated rings. The van der Waals surface area contributed by atoms with Crippen molar-refractivity contribution < 1.29 is 4.79 Å². The van der Waals surface area contributed by atoms with Crippen molar-refractivity contribution in [3.8, 4) is 12.1 Å². The highest BCUT2D eigenvalue weighted by atomic mass is 16.1. The maximum Gasteiger partial charge on any atom is 0.143 e. The monoisotopic (exact) mass is 190 g/mol. The Morgan fingerprint density at radius 1 is 1.14 bits per heavy atom. The standard InChI is InChI=1S/C11H14N2O/c12-7-9(8-13)10-5-3-1-2-4-6-11(10)14/h9-10H,1-6H2/t10-/m1/s1. The lowest BCUT2D eigenvalue weighted by Crippen LogP contribution is -2.23. The van der Waals surface area contributed by atoms with E-state index < -0.39 is 5.92 Å². The fraction of sp³-hybridized carbons (Fsp3) is 0.727. The van der Waals surface area contributed by atoms with E-state index in [1.165, 1.54) is 0 Å². The van der Waals surface area contributed by atoms with E-state index in [1.807, 2.05) is 12.1 Å². The fourth-order valence-electron chi connectivity index (χ4n) is 1.92. The molecule has 0 radical (unpaired) electrons. The number of nitriles is 2. The third-order valence-electron chi connectivity index (χ3n) is 2.78. The molecule has 1 aliphatic rings. The molecule has 0 aromatic heterocycles. The zero-order chi connectivity index (χ0) is 10.4. The van der Waals surface area contributed by atoms with Crippen molar-refractivity contribution in [2.45, 2.75) is 38.5 Å². The molecule has 74 valence electrons. The molecular formula is C11H14N2O. The lowest BCUT2D eigenvalue weighted by molar-refractivity contribution is -0.124. The minimum atomic E-state index is -0.736. The summed E-state index contributed by atoms with van der Waals surface area (Å²) in [5, 5.41) is 17.5. The van der Waals surface area contributed by atoms with Crippen molar-refractivity contribution in [2.75, 3.05) is 0 Å². The molecular weight excluding hydrogens is 176 g/mol. The van der Waals surface area contributed by atoms with Gasteiger partial charge < -0.3 is 0 Å². The highest BCUT2D eigenvalue weighted by Gasteiger charge is 2.28. The van der Waals surface area contributed by atoms with E-state index in [2.05, 4.69) is 0 Å². The minimum Gasteiger partial charge on any atom is -0.299 e. The second-order valence-corrected chi connectivity index (χ2v) is 3.76. The number of rotatable bonds is 1. The molecule has 3 heteroatoms. The molecule has 0 amide bonds. The Morgan fingerprint density at radius 2 is 1.79 bits per heavy atom. The van der Waals surface area contributed by atoms with Crippen LogP contribution in [0, 0.1) is 34.5 Å². The Labute approximate surface area is 84.3 Å². The van der Waals surface area contributed by atoms with Gasteiger partial charge in [0.25, 0.3) is 0 Å². The van der Waals surface area contributed by atoms with Crippen LogP contribution in [-0.4, -0.2) is 5.78 Å². The van der Waals surface area contributed by atoms with E-state index in [0.717, 1.165) is 25.7 Å². The van der Waals surface area contributed by atoms with Crippen LogP contribution in [0.3, 0.4) is 0 Å². The van der Waals surface area contributed by atoms with Crippen LogP contribution in [-0.2, 0) is 4.79 Å². The topological polar surface area (TPSA) is 64.7 Å². The van der Waals surface area contributed by atoms with Gasteiger partial charge in [-0.2, -0.15) is 10.5 Å². The lowest BCUT2D eigenvalue weighted by Gasteiger charge is -2.18. The fourth-order valence-corrected chi connectivity index (χ4v) is 1.92. The van der Waals surface area contributed by atoms with Crippen LogP contribution in [0.2, 0.25) is 0 Å². The highest BCUT2D eigenvalue weighted by molar-refractivity contribution is 5.82. The van der Waals surface area contributed by atoms with Gasteiger partial charge in [-0.1, -0.05) is 19.3 Å². The quantitative estimate of drug-likeness (QED) is 0.636. The number of nitrogens with zero attached hydrogens (tertiary/aromatic N) is 2. The molecule has 0 saturated heterocycles. The van der Waals surface area contributed by atoms with Crippen LogP contribution in [0.25, 0.3) is 0 Å². The molecule has 0 N–H and O–H groups in total. The second-order valence-electron chi connectivity index (χ2n) is 3.76. The Bertz CT molecular complexity index is 271. The van der Waals surface area contributed by atoms with Crippen molar-refractivity contribution in [1.82, 2.24) is 0 Å². The van der Waals surface area contributed by atoms with E-state index in [1.54, 1.807) is 0 Å². The second kappa shape index (κ2) is 5.40. The summed E-state index contributed by atoms with van der Waals surface area (Å²) in [5.74, 6) is -0.955. The summed E-state index contributed by atoms with van der Waals surface area (Å²) in [6.45, 7) is 0. The Morgan fingerprint density at radius 3 is 2.43 bits per heavy atom. The number of ketones is 1. The third-order valence-corrected chi connectivity index (χ3v) is 2.78. The van der Waals surface area contributed by atoms with Crippen LogP contribution in [0.4, 0.5) is 0 Å². The molecule has 1 rings (SSSR count). The zero-order valence-corrected chi connectivity index (χ0v) is 8.20. The van der Waals surface area contributed by atoms with E-state index in [-0.39, 0.29) is 11.7 Å². The molecule has 0 bridgehead atoms. The largest absolute Gasteiger partial charge is 0.299 e. The molecule has 0 spiro atoms. The van der Waals surface area contributed by atoms with Crippen LogP contribution in [0.5, 0.6) is 0 Å². The van der Waals surface area contributed by atoms with Crippen LogP contribution < -0.4 is 0 Å². The van der Waals surface area contributed by atoms with Gasteiger partial charge in [0.05, 0.1) is 12.1 Å². The average molecular weight is 190 g/mol. The summed E-state index contributed by atoms with van der Waals surface area (Å²) in [7, 11) is 0. The molecule has 0 heterocycles. The van der Waals surface area contributed by atoms with E-state index >= 15 is 0 Å². The van der Waals surface area contributed by atoms with Gasteiger partial charge in [0, 0.05) is 12.3 Å². The summed E-state index contributed by atoms with van der Waals surface area (Å²) in [6.07, 6.45) is 5.36. The molecule has 0 unspecified atom stereocenters. The summed E-state index contributed by atoms with van der Waals surface area (Å²) in [5.41, 5.74) is 0. The van der Waals surface area contributed by atoms with Crippen LogP contribution >= 0.6 is 0 Å². The van der Waals surface area contributed by atoms with Gasteiger partial charge in [-0.3, -0.25) is 4.79 Å². The van der Waals surface area contributed by atoms with E-state index in [0.29, 0.717) is 12.8 Å². The van der Waals surface area contributed by atoms with Gasteiger partial charge in [-0.15, -0.1) is 0 Å². The number of hydrogen-bond donors (Lipinski definition) is 0. The van der Waals surface area contributed by atoms with Gasteiger partial charge in [0.2, 0.25) is 0 Å². The SMILES string of the molecule is N#CC(C#N)[C@H]1CCCCCCC1=O. The summed E-state index contributed by atoms with van der Waals surface area (Å²) < 4.78 is 0. The number of Topliss-reactive ketones (excluding diaryl/α,β-unsaturated/α-hetero) is 1. The summed E-state index contributed by atoms with van der Waals surface area (Å²) >= 11 is 0. The predicted molar refractivity (Wildman–Crippen MR) is 50.9 cm³/mol. The number of carbonyl (C=O) groups is 1. The maximum absolute atomic E-state index is 11.6. The molecule has 3 nitrogen and oxygen atoms in total. The van der Waals surface area contributed by atoms with Gasteiger partial charge >= 0.3 is 0 Å². The molecule has 1 aliphatic carbocycles. The third kappa shape index (κ3) is 2.57.